The molecule has 2 aromatic carbocycles. The molecule has 0 aliphatic rings. The van der Waals surface area contributed by atoms with Crippen LogP contribution in [0, 0.1) is 0 Å². The van der Waals surface area contributed by atoms with Gasteiger partial charge in [-0.1, -0.05) is 41.4 Å². The van der Waals surface area contributed by atoms with Gasteiger partial charge in [0, 0.05) is 22.2 Å². The molecule has 8 heteroatoms. The molecule has 0 saturated heterocycles. The molecule has 0 fully saturated rings. The first-order chi connectivity index (χ1) is 12.7. The van der Waals surface area contributed by atoms with Gasteiger partial charge in [-0.15, -0.1) is 0 Å². The number of sulfonamides is 1. The van der Waals surface area contributed by atoms with Crippen molar-refractivity contribution in [1.82, 2.24) is 4.31 Å². The van der Waals surface area contributed by atoms with E-state index in [1.807, 2.05) is 26.0 Å². The number of benzene rings is 2. The smallest absolute Gasteiger partial charge is 0.243 e. The number of hydrogen-bond acceptors (Lipinski definition) is 3. The number of nitrogens with zero attached hydrogens (tertiary/aromatic N) is 1. The van der Waals surface area contributed by atoms with Crippen LogP contribution in [0.15, 0.2) is 45.8 Å². The van der Waals surface area contributed by atoms with Crippen molar-refractivity contribution in [1.29, 1.82) is 0 Å². The number of carbonyl (C=O) groups excluding carboxylic acids is 1. The highest BCUT2D eigenvalue weighted by atomic mass is 79.9. The predicted octanol–water partition coefficient (Wildman–Crippen LogP) is 4.49. The third-order valence-electron chi connectivity index (χ3n) is 4.18. The Morgan fingerprint density at radius 3 is 2.11 bits per heavy atom. The van der Waals surface area contributed by atoms with Crippen molar-refractivity contribution >= 4 is 49.1 Å². The normalized spacial score (nSPS) is 11.6. The third-order valence-corrected chi connectivity index (χ3v) is 6.71. The third kappa shape index (κ3) is 5.31. The van der Waals surface area contributed by atoms with E-state index in [1.54, 1.807) is 0 Å². The van der Waals surface area contributed by atoms with Gasteiger partial charge in [-0.25, -0.2) is 8.42 Å². The Hall–Kier alpha value is -1.41. The highest BCUT2D eigenvalue weighted by Gasteiger charge is 2.23. The second kappa shape index (κ2) is 9.19. The minimum Gasteiger partial charge on any atom is -0.324 e. The first-order valence-corrected chi connectivity index (χ1v) is 11.1. The van der Waals surface area contributed by atoms with Gasteiger partial charge in [0.2, 0.25) is 15.9 Å². The zero-order chi connectivity index (χ0) is 20.2. The molecule has 1 N–H and O–H groups in total. The lowest BCUT2D eigenvalue weighted by atomic mass is 10.0. The average molecular weight is 474 g/mol. The van der Waals surface area contributed by atoms with Gasteiger partial charge < -0.3 is 5.32 Å². The summed E-state index contributed by atoms with van der Waals surface area (Å²) in [5.41, 5.74) is 2.75. The molecule has 27 heavy (non-hydrogen) atoms. The van der Waals surface area contributed by atoms with Crippen LogP contribution in [-0.4, -0.2) is 32.2 Å². The second-order valence-electron chi connectivity index (χ2n) is 6.07. The summed E-state index contributed by atoms with van der Waals surface area (Å²) >= 11 is 9.29. The maximum absolute atomic E-state index is 12.6. The number of carbonyl (C=O) groups is 1. The molecule has 0 aliphatic carbocycles. The molecule has 5 nitrogen and oxygen atoms in total. The van der Waals surface area contributed by atoms with Gasteiger partial charge in [-0.05, 0) is 60.4 Å². The molecule has 0 unspecified atom stereocenters. The lowest BCUT2D eigenvalue weighted by Crippen LogP contribution is -2.35. The van der Waals surface area contributed by atoms with Crippen LogP contribution in [0.1, 0.15) is 25.0 Å². The van der Waals surface area contributed by atoms with Crippen molar-refractivity contribution in [3.8, 4) is 0 Å². The van der Waals surface area contributed by atoms with E-state index in [0.29, 0.717) is 5.02 Å². The van der Waals surface area contributed by atoms with Gasteiger partial charge in [-0.3, -0.25) is 4.79 Å². The molecule has 1 amide bonds. The maximum atomic E-state index is 12.6. The fourth-order valence-corrected chi connectivity index (χ4v) is 4.50. The van der Waals surface area contributed by atoms with E-state index in [-0.39, 0.29) is 17.3 Å². The summed E-state index contributed by atoms with van der Waals surface area (Å²) in [6.07, 6.45) is 1.50. The Balaban J connectivity index is 2.19. The van der Waals surface area contributed by atoms with Crippen LogP contribution in [0.4, 0.5) is 5.69 Å². The zero-order valence-electron chi connectivity index (χ0n) is 15.4. The summed E-state index contributed by atoms with van der Waals surface area (Å²) in [5, 5.41) is 3.33. The molecule has 0 spiro atoms. The largest absolute Gasteiger partial charge is 0.324 e. The van der Waals surface area contributed by atoms with E-state index in [4.69, 9.17) is 11.6 Å². The van der Waals surface area contributed by atoms with Crippen molar-refractivity contribution in [2.45, 2.75) is 31.6 Å². The van der Waals surface area contributed by atoms with Gasteiger partial charge in [0.15, 0.2) is 0 Å². The molecule has 2 aromatic rings. The minimum absolute atomic E-state index is 0.0920. The fraction of sp³-hybridized carbons (Fsp3) is 0.316. The van der Waals surface area contributed by atoms with E-state index in [1.165, 1.54) is 31.3 Å². The number of aryl methyl sites for hydroxylation is 2. The first-order valence-electron chi connectivity index (χ1n) is 8.52. The summed E-state index contributed by atoms with van der Waals surface area (Å²) in [7, 11) is -2.39. The number of hydrogen-bond donors (Lipinski definition) is 1. The van der Waals surface area contributed by atoms with E-state index >= 15 is 0 Å². The molecule has 2 rings (SSSR count). The molecular formula is C19H22BrClN2O3S. The van der Waals surface area contributed by atoms with Gasteiger partial charge in [0.1, 0.15) is 0 Å². The average Bonchev–Trinajstić information content (AvgIpc) is 2.62. The van der Waals surface area contributed by atoms with E-state index in [2.05, 4.69) is 21.2 Å². The van der Waals surface area contributed by atoms with Gasteiger partial charge in [0.25, 0.3) is 0 Å². The van der Waals surface area contributed by atoms with Crippen LogP contribution in [0.2, 0.25) is 5.02 Å². The van der Waals surface area contributed by atoms with Gasteiger partial charge in [0.05, 0.1) is 11.4 Å². The number of likely N-dealkylation sites (N-methyl/N-ethyl adjacent to an activating group) is 1. The Kier molecular flexibility index (Phi) is 7.45. The molecule has 0 atom stereocenters. The van der Waals surface area contributed by atoms with E-state index < -0.39 is 10.0 Å². The van der Waals surface area contributed by atoms with Crippen LogP contribution < -0.4 is 5.32 Å². The Labute approximate surface area is 173 Å². The zero-order valence-corrected chi connectivity index (χ0v) is 18.6. The number of amides is 1. The lowest BCUT2D eigenvalue weighted by molar-refractivity contribution is -0.116. The van der Waals surface area contributed by atoms with E-state index in [0.717, 1.165) is 38.4 Å². The maximum Gasteiger partial charge on any atom is 0.243 e. The number of rotatable bonds is 7. The van der Waals surface area contributed by atoms with E-state index in [9.17, 15) is 13.2 Å². The minimum atomic E-state index is -3.77. The standard InChI is InChI=1S/C19H22BrClN2O3S/c1-4-13-10-15(20)11-14(5-2)19(13)22-18(24)12-23(3)27(25,26)17-8-6-16(21)7-9-17/h6-11H,4-5,12H2,1-3H3,(H,22,24). The Morgan fingerprint density at radius 2 is 1.63 bits per heavy atom. The SMILES string of the molecule is CCc1cc(Br)cc(CC)c1NC(=O)CN(C)S(=O)(=O)c1ccc(Cl)cc1. The van der Waals surface area contributed by atoms with Crippen LogP contribution >= 0.6 is 27.5 Å². The van der Waals surface area contributed by atoms with Crippen molar-refractivity contribution < 1.29 is 13.2 Å². The van der Waals surface area contributed by atoms with Crippen molar-refractivity contribution in [3.63, 3.8) is 0 Å². The fourth-order valence-electron chi connectivity index (χ4n) is 2.70. The number of halogens is 2. The molecule has 0 heterocycles. The van der Waals surface area contributed by atoms with Crippen molar-refractivity contribution in [2.75, 3.05) is 18.9 Å². The summed E-state index contributed by atoms with van der Waals surface area (Å²) in [5.74, 6) is -0.387. The summed E-state index contributed by atoms with van der Waals surface area (Å²) in [6.45, 7) is 3.73. The Morgan fingerprint density at radius 1 is 1.11 bits per heavy atom. The van der Waals surface area contributed by atoms with Crippen LogP contribution in [0.5, 0.6) is 0 Å². The molecule has 0 bridgehead atoms. The topological polar surface area (TPSA) is 66.5 Å². The second-order valence-corrected chi connectivity index (χ2v) is 9.47. The Bertz CT molecular complexity index is 905. The molecule has 0 aliphatic heterocycles. The van der Waals surface area contributed by atoms with Crippen LogP contribution in [0.25, 0.3) is 0 Å². The predicted molar refractivity (Wildman–Crippen MR) is 113 cm³/mol. The monoisotopic (exact) mass is 472 g/mol. The van der Waals surface area contributed by atoms with Crippen LogP contribution in [0.3, 0.4) is 0 Å². The summed E-state index contributed by atoms with van der Waals surface area (Å²) < 4.78 is 27.2. The van der Waals surface area contributed by atoms with Gasteiger partial charge in [-0.2, -0.15) is 4.31 Å². The highest BCUT2D eigenvalue weighted by molar-refractivity contribution is 9.10. The summed E-state index contributed by atoms with van der Waals surface area (Å²) in [6, 6.07) is 9.78. The molecule has 146 valence electrons. The van der Waals surface area contributed by atoms with Gasteiger partial charge >= 0.3 is 0 Å². The first kappa shape index (κ1) is 21.9. The molecule has 0 radical (unpaired) electrons. The molecule has 0 saturated carbocycles. The molecule has 0 aromatic heterocycles. The highest BCUT2D eigenvalue weighted by Crippen LogP contribution is 2.27. The number of nitrogens with one attached hydrogen (secondary N) is 1. The summed E-state index contributed by atoms with van der Waals surface area (Å²) in [4.78, 5) is 12.6. The quantitative estimate of drug-likeness (QED) is 0.644. The van der Waals surface area contributed by atoms with Crippen LogP contribution in [-0.2, 0) is 27.7 Å². The van der Waals surface area contributed by atoms with Crippen molar-refractivity contribution in [2.24, 2.45) is 0 Å². The lowest BCUT2D eigenvalue weighted by Gasteiger charge is -2.19. The van der Waals surface area contributed by atoms with Crippen molar-refractivity contribution in [3.05, 3.63) is 57.0 Å². The number of anilines is 1. The molecular weight excluding hydrogens is 452 g/mol.